The standard InChI is InChI=1S/C22H25N3OS/c1-15-12-20(26-3)16(2)11-18(15)19-14-27-22(24-19)17-7-8-23-21(13-17)25-9-5-4-6-10-25/h7-8,11-14H,4-6,9-10H2,1-3H3. The Hall–Kier alpha value is -2.40. The number of pyridine rings is 1. The highest BCUT2D eigenvalue weighted by Gasteiger charge is 2.15. The van der Waals surface area contributed by atoms with E-state index in [2.05, 4.69) is 53.4 Å². The van der Waals surface area contributed by atoms with Crippen LogP contribution in [0.5, 0.6) is 5.75 Å². The Morgan fingerprint density at radius 2 is 1.85 bits per heavy atom. The average molecular weight is 380 g/mol. The second kappa shape index (κ2) is 7.69. The molecule has 0 spiro atoms. The number of thiazole rings is 1. The van der Waals surface area contributed by atoms with E-state index >= 15 is 0 Å². The van der Waals surface area contributed by atoms with Crippen LogP contribution in [0.1, 0.15) is 30.4 Å². The van der Waals surface area contributed by atoms with Gasteiger partial charge in [-0.05, 0) is 68.5 Å². The average Bonchev–Trinajstić information content (AvgIpc) is 3.20. The number of hydrogen-bond donors (Lipinski definition) is 0. The number of nitrogens with zero attached hydrogens (tertiary/aromatic N) is 3. The van der Waals surface area contributed by atoms with E-state index in [4.69, 9.17) is 9.72 Å². The summed E-state index contributed by atoms with van der Waals surface area (Å²) >= 11 is 1.69. The highest BCUT2D eigenvalue weighted by Crippen LogP contribution is 2.34. The third-order valence-corrected chi connectivity index (χ3v) is 6.09. The third-order valence-electron chi connectivity index (χ3n) is 5.19. The van der Waals surface area contributed by atoms with Crippen LogP contribution in [0.3, 0.4) is 0 Å². The zero-order chi connectivity index (χ0) is 18.8. The van der Waals surface area contributed by atoms with Crippen LogP contribution in [0.25, 0.3) is 21.8 Å². The Bertz CT molecular complexity index is 944. The first-order chi connectivity index (χ1) is 13.2. The Labute approximate surface area is 164 Å². The molecule has 0 N–H and O–H groups in total. The fourth-order valence-electron chi connectivity index (χ4n) is 3.66. The molecule has 3 aromatic rings. The van der Waals surface area contributed by atoms with Crippen LogP contribution in [0.15, 0.2) is 35.8 Å². The third kappa shape index (κ3) is 3.69. The first-order valence-electron chi connectivity index (χ1n) is 9.48. The highest BCUT2D eigenvalue weighted by atomic mass is 32.1. The minimum absolute atomic E-state index is 0.923. The molecule has 0 saturated carbocycles. The molecule has 0 atom stereocenters. The molecule has 1 aliphatic rings. The summed E-state index contributed by atoms with van der Waals surface area (Å²) in [6.45, 7) is 6.38. The van der Waals surface area contributed by atoms with Crippen molar-refractivity contribution in [1.29, 1.82) is 0 Å². The summed E-state index contributed by atoms with van der Waals surface area (Å²) in [7, 11) is 1.71. The minimum atomic E-state index is 0.923. The largest absolute Gasteiger partial charge is 0.496 e. The van der Waals surface area contributed by atoms with E-state index in [1.807, 2.05) is 6.20 Å². The second-order valence-electron chi connectivity index (χ2n) is 7.13. The second-order valence-corrected chi connectivity index (χ2v) is 7.98. The molecule has 0 amide bonds. The van der Waals surface area contributed by atoms with Gasteiger partial charge >= 0.3 is 0 Å². The van der Waals surface area contributed by atoms with Crippen molar-refractivity contribution in [2.45, 2.75) is 33.1 Å². The lowest BCUT2D eigenvalue weighted by Gasteiger charge is -2.27. The van der Waals surface area contributed by atoms with Gasteiger partial charge < -0.3 is 9.64 Å². The zero-order valence-electron chi connectivity index (χ0n) is 16.2. The number of methoxy groups -OCH3 is 1. The quantitative estimate of drug-likeness (QED) is 0.601. The number of benzene rings is 1. The van der Waals surface area contributed by atoms with Gasteiger partial charge in [0.25, 0.3) is 0 Å². The van der Waals surface area contributed by atoms with Crippen LogP contribution in [-0.2, 0) is 0 Å². The Morgan fingerprint density at radius 3 is 2.63 bits per heavy atom. The normalized spacial score (nSPS) is 14.4. The summed E-state index contributed by atoms with van der Waals surface area (Å²) in [6.07, 6.45) is 5.74. The molecule has 1 fully saturated rings. The maximum atomic E-state index is 5.43. The van der Waals surface area contributed by atoms with Gasteiger partial charge in [-0.1, -0.05) is 0 Å². The van der Waals surface area contributed by atoms with E-state index in [1.165, 1.54) is 30.4 Å². The molecule has 4 rings (SSSR count). The summed E-state index contributed by atoms with van der Waals surface area (Å²) in [6, 6.07) is 8.49. The van der Waals surface area contributed by atoms with Crippen molar-refractivity contribution in [3.63, 3.8) is 0 Å². The van der Waals surface area contributed by atoms with Gasteiger partial charge in [0.15, 0.2) is 0 Å². The van der Waals surface area contributed by atoms with Gasteiger partial charge in [-0.2, -0.15) is 0 Å². The number of hydrogen-bond acceptors (Lipinski definition) is 5. The van der Waals surface area contributed by atoms with Gasteiger partial charge in [0.05, 0.1) is 12.8 Å². The fourth-order valence-corrected chi connectivity index (χ4v) is 4.48. The number of aromatic nitrogens is 2. The molecular formula is C22H25N3OS. The van der Waals surface area contributed by atoms with E-state index < -0.39 is 0 Å². The van der Waals surface area contributed by atoms with Crippen LogP contribution in [0.4, 0.5) is 5.82 Å². The molecule has 0 unspecified atom stereocenters. The van der Waals surface area contributed by atoms with Crippen LogP contribution in [-0.4, -0.2) is 30.2 Å². The Morgan fingerprint density at radius 1 is 1.04 bits per heavy atom. The molecule has 1 aliphatic heterocycles. The predicted octanol–water partition coefficient (Wildman–Crippen LogP) is 5.49. The highest BCUT2D eigenvalue weighted by molar-refractivity contribution is 7.13. The Balaban J connectivity index is 1.64. The molecule has 0 radical (unpaired) electrons. The lowest BCUT2D eigenvalue weighted by Crippen LogP contribution is -2.30. The van der Waals surface area contributed by atoms with Crippen molar-refractivity contribution in [3.05, 3.63) is 47.0 Å². The number of piperidine rings is 1. The van der Waals surface area contributed by atoms with E-state index in [9.17, 15) is 0 Å². The van der Waals surface area contributed by atoms with Crippen molar-refractivity contribution in [2.75, 3.05) is 25.1 Å². The molecule has 5 heteroatoms. The minimum Gasteiger partial charge on any atom is -0.496 e. The monoisotopic (exact) mass is 379 g/mol. The predicted molar refractivity (Wildman–Crippen MR) is 113 cm³/mol. The van der Waals surface area contributed by atoms with Crippen molar-refractivity contribution < 1.29 is 4.74 Å². The molecule has 3 heterocycles. The molecule has 1 saturated heterocycles. The van der Waals surface area contributed by atoms with Crippen LogP contribution >= 0.6 is 11.3 Å². The summed E-state index contributed by atoms with van der Waals surface area (Å²) in [5.41, 5.74) is 5.64. The molecule has 2 aromatic heterocycles. The lowest BCUT2D eigenvalue weighted by atomic mass is 10.0. The molecule has 4 nitrogen and oxygen atoms in total. The molecule has 0 aliphatic carbocycles. The van der Waals surface area contributed by atoms with Gasteiger partial charge in [0, 0.05) is 35.8 Å². The van der Waals surface area contributed by atoms with E-state index in [0.717, 1.165) is 46.5 Å². The molecule has 27 heavy (non-hydrogen) atoms. The summed E-state index contributed by atoms with van der Waals surface area (Å²) in [5.74, 6) is 1.99. The van der Waals surface area contributed by atoms with Gasteiger partial charge in [0.2, 0.25) is 0 Å². The topological polar surface area (TPSA) is 38.2 Å². The van der Waals surface area contributed by atoms with Gasteiger partial charge in [-0.3, -0.25) is 0 Å². The van der Waals surface area contributed by atoms with Gasteiger partial charge in [0.1, 0.15) is 16.6 Å². The molecule has 1 aromatic carbocycles. The number of anilines is 1. The van der Waals surface area contributed by atoms with Gasteiger partial charge in [-0.25, -0.2) is 9.97 Å². The Kier molecular flexibility index (Phi) is 5.12. The summed E-state index contributed by atoms with van der Waals surface area (Å²) < 4.78 is 5.43. The first kappa shape index (κ1) is 18.0. The SMILES string of the molecule is COc1cc(C)c(-c2csc(-c3ccnc(N4CCCCC4)c3)n2)cc1C. The van der Waals surface area contributed by atoms with Crippen molar-refractivity contribution in [3.8, 4) is 27.6 Å². The smallest absolute Gasteiger partial charge is 0.129 e. The first-order valence-corrected chi connectivity index (χ1v) is 10.4. The van der Waals surface area contributed by atoms with Gasteiger partial charge in [-0.15, -0.1) is 11.3 Å². The molecule has 140 valence electrons. The van der Waals surface area contributed by atoms with E-state index in [-0.39, 0.29) is 0 Å². The number of rotatable bonds is 4. The fraction of sp³-hybridized carbons (Fsp3) is 0.364. The lowest BCUT2D eigenvalue weighted by molar-refractivity contribution is 0.411. The van der Waals surface area contributed by atoms with Crippen LogP contribution in [0.2, 0.25) is 0 Å². The number of aryl methyl sites for hydroxylation is 2. The van der Waals surface area contributed by atoms with Crippen molar-refractivity contribution in [1.82, 2.24) is 9.97 Å². The van der Waals surface area contributed by atoms with E-state index in [0.29, 0.717) is 0 Å². The summed E-state index contributed by atoms with van der Waals surface area (Å²) in [4.78, 5) is 11.9. The maximum absolute atomic E-state index is 5.43. The zero-order valence-corrected chi connectivity index (χ0v) is 17.0. The summed E-state index contributed by atoms with van der Waals surface area (Å²) in [5, 5.41) is 3.18. The van der Waals surface area contributed by atoms with Crippen molar-refractivity contribution in [2.24, 2.45) is 0 Å². The molecule has 0 bridgehead atoms. The van der Waals surface area contributed by atoms with Crippen LogP contribution < -0.4 is 9.64 Å². The van der Waals surface area contributed by atoms with Crippen LogP contribution in [0, 0.1) is 13.8 Å². The van der Waals surface area contributed by atoms with E-state index in [1.54, 1.807) is 18.4 Å². The number of ether oxygens (including phenoxy) is 1. The molecular weight excluding hydrogens is 354 g/mol. The van der Waals surface area contributed by atoms with Crippen molar-refractivity contribution >= 4 is 17.2 Å². The maximum Gasteiger partial charge on any atom is 0.129 e.